The highest BCUT2D eigenvalue weighted by atomic mass is 79.9. The summed E-state index contributed by atoms with van der Waals surface area (Å²) < 4.78 is 40.6. The summed E-state index contributed by atoms with van der Waals surface area (Å²) in [5.41, 5.74) is 0.0884. The number of nitrogens with one attached hydrogen (secondary N) is 1. The van der Waals surface area contributed by atoms with E-state index in [1.807, 2.05) is 19.0 Å². The van der Waals surface area contributed by atoms with Crippen LogP contribution >= 0.6 is 15.9 Å². The SMILES string of the molecule is CN(C)CCNC(=O)c1cc(OC(F)(F)F)ccc1Br. The van der Waals surface area contributed by atoms with E-state index in [1.54, 1.807) is 0 Å². The van der Waals surface area contributed by atoms with Crippen molar-refractivity contribution in [3.05, 3.63) is 28.2 Å². The van der Waals surface area contributed by atoms with Crippen molar-refractivity contribution in [3.8, 4) is 5.75 Å². The lowest BCUT2D eigenvalue weighted by molar-refractivity contribution is -0.274. The average Bonchev–Trinajstić information content (AvgIpc) is 2.29. The molecule has 4 nitrogen and oxygen atoms in total. The Morgan fingerprint density at radius 3 is 2.60 bits per heavy atom. The molecule has 0 unspecified atom stereocenters. The molecule has 1 aromatic carbocycles. The largest absolute Gasteiger partial charge is 0.573 e. The summed E-state index contributed by atoms with van der Waals surface area (Å²) in [7, 11) is 3.69. The molecule has 0 spiro atoms. The van der Waals surface area contributed by atoms with E-state index in [1.165, 1.54) is 6.07 Å². The smallest absolute Gasteiger partial charge is 0.406 e. The molecule has 0 atom stereocenters. The molecule has 0 heterocycles. The van der Waals surface area contributed by atoms with Crippen LogP contribution in [0.2, 0.25) is 0 Å². The normalized spacial score (nSPS) is 11.6. The Balaban J connectivity index is 2.78. The first-order chi connectivity index (χ1) is 9.19. The fourth-order valence-corrected chi connectivity index (χ4v) is 1.79. The Morgan fingerprint density at radius 1 is 1.40 bits per heavy atom. The monoisotopic (exact) mass is 354 g/mol. The summed E-state index contributed by atoms with van der Waals surface area (Å²) in [4.78, 5) is 13.7. The molecule has 0 fully saturated rings. The van der Waals surface area contributed by atoms with E-state index >= 15 is 0 Å². The van der Waals surface area contributed by atoms with E-state index in [-0.39, 0.29) is 5.56 Å². The number of halogens is 4. The molecule has 0 aromatic heterocycles. The highest BCUT2D eigenvalue weighted by Crippen LogP contribution is 2.27. The predicted octanol–water partition coefficient (Wildman–Crippen LogP) is 2.64. The van der Waals surface area contributed by atoms with Crippen LogP contribution in [0.15, 0.2) is 22.7 Å². The molecule has 1 amide bonds. The van der Waals surface area contributed by atoms with Gasteiger partial charge in [-0.05, 0) is 48.2 Å². The second-order valence-corrected chi connectivity index (χ2v) is 5.10. The first-order valence-corrected chi connectivity index (χ1v) is 6.46. The third-order valence-electron chi connectivity index (χ3n) is 2.26. The lowest BCUT2D eigenvalue weighted by atomic mass is 10.2. The summed E-state index contributed by atoms with van der Waals surface area (Å²) in [6.07, 6.45) is -4.79. The number of likely N-dealkylation sites (N-methyl/N-ethyl adjacent to an activating group) is 1. The highest BCUT2D eigenvalue weighted by molar-refractivity contribution is 9.10. The maximum atomic E-state index is 12.1. The van der Waals surface area contributed by atoms with Crippen LogP contribution in [0.4, 0.5) is 13.2 Å². The van der Waals surface area contributed by atoms with Crippen LogP contribution in [0.3, 0.4) is 0 Å². The Bertz CT molecular complexity index is 478. The summed E-state index contributed by atoms with van der Waals surface area (Å²) in [5, 5.41) is 2.61. The van der Waals surface area contributed by atoms with Gasteiger partial charge in [-0.3, -0.25) is 4.79 Å². The molecule has 0 radical (unpaired) electrons. The first-order valence-electron chi connectivity index (χ1n) is 5.67. The summed E-state index contributed by atoms with van der Waals surface area (Å²) >= 11 is 3.12. The number of carbonyl (C=O) groups is 1. The fraction of sp³-hybridized carbons (Fsp3) is 0.417. The zero-order valence-corrected chi connectivity index (χ0v) is 12.5. The molecule has 0 aliphatic carbocycles. The summed E-state index contributed by atoms with van der Waals surface area (Å²) in [6.45, 7) is 1.02. The Labute approximate surface area is 123 Å². The van der Waals surface area contributed by atoms with Gasteiger partial charge in [0, 0.05) is 17.6 Å². The van der Waals surface area contributed by atoms with Crippen molar-refractivity contribution in [2.45, 2.75) is 6.36 Å². The standard InChI is InChI=1S/C12H14BrF3N2O2/c1-18(2)6-5-17-11(19)9-7-8(3-4-10(9)13)20-12(14,15)16/h3-4,7H,5-6H2,1-2H3,(H,17,19). The lowest BCUT2D eigenvalue weighted by Gasteiger charge is -2.13. The van der Waals surface area contributed by atoms with Crippen LogP contribution in [0.5, 0.6) is 5.75 Å². The summed E-state index contributed by atoms with van der Waals surface area (Å²) in [6, 6.07) is 3.51. The van der Waals surface area contributed by atoms with E-state index in [0.717, 1.165) is 12.1 Å². The molecular weight excluding hydrogens is 341 g/mol. The van der Waals surface area contributed by atoms with Crippen molar-refractivity contribution in [3.63, 3.8) is 0 Å². The van der Waals surface area contributed by atoms with E-state index in [9.17, 15) is 18.0 Å². The van der Waals surface area contributed by atoms with Crippen LogP contribution < -0.4 is 10.1 Å². The second kappa shape index (κ2) is 6.94. The average molecular weight is 355 g/mol. The predicted molar refractivity (Wildman–Crippen MR) is 71.7 cm³/mol. The third-order valence-corrected chi connectivity index (χ3v) is 2.95. The topological polar surface area (TPSA) is 41.6 Å². The number of rotatable bonds is 5. The quantitative estimate of drug-likeness (QED) is 0.883. The molecule has 112 valence electrons. The van der Waals surface area contributed by atoms with Crippen molar-refractivity contribution >= 4 is 21.8 Å². The van der Waals surface area contributed by atoms with Gasteiger partial charge < -0.3 is 15.0 Å². The molecule has 8 heteroatoms. The number of alkyl halides is 3. The molecule has 1 aromatic rings. The van der Waals surface area contributed by atoms with Crippen LogP contribution in [-0.2, 0) is 0 Å². The lowest BCUT2D eigenvalue weighted by Crippen LogP contribution is -2.31. The fourth-order valence-electron chi connectivity index (χ4n) is 1.36. The molecule has 0 aliphatic heterocycles. The van der Waals surface area contributed by atoms with E-state index < -0.39 is 18.0 Å². The van der Waals surface area contributed by atoms with Crippen LogP contribution in [0.25, 0.3) is 0 Å². The van der Waals surface area contributed by atoms with Gasteiger partial charge in [-0.2, -0.15) is 0 Å². The van der Waals surface area contributed by atoms with Crippen LogP contribution in [0, 0.1) is 0 Å². The Morgan fingerprint density at radius 2 is 2.05 bits per heavy atom. The van der Waals surface area contributed by atoms with Crippen LogP contribution in [-0.4, -0.2) is 44.4 Å². The van der Waals surface area contributed by atoms with Gasteiger partial charge in [0.25, 0.3) is 5.91 Å². The molecule has 1 N–H and O–H groups in total. The number of benzene rings is 1. The number of carbonyl (C=O) groups excluding carboxylic acids is 1. The van der Waals surface area contributed by atoms with Gasteiger partial charge >= 0.3 is 6.36 Å². The number of amides is 1. The Kier molecular flexibility index (Phi) is 5.82. The van der Waals surface area contributed by atoms with Crippen molar-refractivity contribution in [1.82, 2.24) is 10.2 Å². The zero-order valence-electron chi connectivity index (χ0n) is 10.9. The van der Waals surface area contributed by atoms with Crippen molar-refractivity contribution in [2.75, 3.05) is 27.2 Å². The van der Waals surface area contributed by atoms with Gasteiger partial charge in [0.05, 0.1) is 5.56 Å². The minimum absolute atomic E-state index is 0.0884. The second-order valence-electron chi connectivity index (χ2n) is 4.25. The van der Waals surface area contributed by atoms with Gasteiger partial charge in [0.15, 0.2) is 0 Å². The van der Waals surface area contributed by atoms with Crippen molar-refractivity contribution < 1.29 is 22.7 Å². The van der Waals surface area contributed by atoms with Gasteiger partial charge in [0.2, 0.25) is 0 Å². The third kappa shape index (κ3) is 5.79. The van der Waals surface area contributed by atoms with Gasteiger partial charge in [-0.15, -0.1) is 13.2 Å². The number of hydrogen-bond acceptors (Lipinski definition) is 3. The van der Waals surface area contributed by atoms with E-state index in [4.69, 9.17) is 0 Å². The summed E-state index contributed by atoms with van der Waals surface area (Å²) in [5.74, 6) is -0.898. The zero-order chi connectivity index (χ0) is 15.3. The van der Waals surface area contributed by atoms with Crippen molar-refractivity contribution in [1.29, 1.82) is 0 Å². The first kappa shape index (κ1) is 16.8. The molecular formula is C12H14BrF3N2O2. The van der Waals surface area contributed by atoms with E-state index in [0.29, 0.717) is 17.6 Å². The molecule has 20 heavy (non-hydrogen) atoms. The highest BCUT2D eigenvalue weighted by Gasteiger charge is 2.31. The molecule has 0 saturated heterocycles. The minimum Gasteiger partial charge on any atom is -0.406 e. The van der Waals surface area contributed by atoms with Crippen molar-refractivity contribution in [2.24, 2.45) is 0 Å². The van der Waals surface area contributed by atoms with Gasteiger partial charge in [-0.25, -0.2) is 0 Å². The minimum atomic E-state index is -4.79. The van der Waals surface area contributed by atoms with Gasteiger partial charge in [-0.1, -0.05) is 0 Å². The maximum Gasteiger partial charge on any atom is 0.573 e. The Hall–Kier alpha value is -1.28. The number of nitrogens with zero attached hydrogens (tertiary/aromatic N) is 1. The van der Waals surface area contributed by atoms with Gasteiger partial charge in [0.1, 0.15) is 5.75 Å². The molecule has 1 rings (SSSR count). The number of ether oxygens (including phenoxy) is 1. The molecule has 0 saturated carbocycles. The molecule has 0 aliphatic rings. The maximum absolute atomic E-state index is 12.1. The number of hydrogen-bond donors (Lipinski definition) is 1. The van der Waals surface area contributed by atoms with E-state index in [2.05, 4.69) is 26.0 Å². The molecule has 0 bridgehead atoms. The van der Waals surface area contributed by atoms with Crippen LogP contribution in [0.1, 0.15) is 10.4 Å².